The minimum Gasteiger partial charge on any atom is -0.321 e. The van der Waals surface area contributed by atoms with Gasteiger partial charge >= 0.3 is 0 Å². The minimum atomic E-state index is -0.377. The van der Waals surface area contributed by atoms with Crippen LogP contribution >= 0.6 is 34.2 Å². The first-order valence-corrected chi connectivity index (χ1v) is 6.40. The highest BCUT2D eigenvalue weighted by molar-refractivity contribution is 14.1. The van der Waals surface area contributed by atoms with Gasteiger partial charge < -0.3 is 5.32 Å². The fourth-order valence-corrected chi connectivity index (χ4v) is 2.15. The number of nitrogens with zero attached hydrogens (tertiary/aromatic N) is 1. The Morgan fingerprint density at radius 1 is 1.39 bits per heavy atom. The van der Waals surface area contributed by atoms with Crippen molar-refractivity contribution in [3.8, 4) is 0 Å². The van der Waals surface area contributed by atoms with Gasteiger partial charge in [-0.3, -0.25) is 4.79 Å². The van der Waals surface area contributed by atoms with Crippen molar-refractivity contribution in [2.45, 2.75) is 0 Å². The Bertz CT molecular complexity index is 606. The van der Waals surface area contributed by atoms with Crippen LogP contribution in [0.4, 0.5) is 10.1 Å². The van der Waals surface area contributed by atoms with Crippen LogP contribution in [0.25, 0.3) is 0 Å². The second-order valence-corrected chi connectivity index (χ2v) is 4.94. The van der Waals surface area contributed by atoms with E-state index in [4.69, 9.17) is 11.6 Å². The summed E-state index contributed by atoms with van der Waals surface area (Å²) < 4.78 is 13.5. The summed E-state index contributed by atoms with van der Waals surface area (Å²) >= 11 is 7.76. The van der Waals surface area contributed by atoms with Crippen LogP contribution in [-0.4, -0.2) is 10.9 Å². The molecule has 18 heavy (non-hydrogen) atoms. The quantitative estimate of drug-likeness (QED) is 0.641. The monoisotopic (exact) mass is 376 g/mol. The predicted octanol–water partition coefficient (Wildman–Crippen LogP) is 3.73. The van der Waals surface area contributed by atoms with E-state index >= 15 is 0 Å². The van der Waals surface area contributed by atoms with E-state index in [1.54, 1.807) is 12.1 Å². The fourth-order valence-electron chi connectivity index (χ4n) is 1.34. The number of amides is 1. The Morgan fingerprint density at radius 3 is 2.83 bits per heavy atom. The number of hydrogen-bond acceptors (Lipinski definition) is 2. The molecule has 2 aromatic rings. The van der Waals surface area contributed by atoms with Gasteiger partial charge in [0.15, 0.2) is 0 Å². The van der Waals surface area contributed by atoms with Gasteiger partial charge in [-0.05, 0) is 52.9 Å². The summed E-state index contributed by atoms with van der Waals surface area (Å²) in [6, 6.07) is 7.31. The molecular weight excluding hydrogens is 370 g/mol. The number of aromatic nitrogens is 1. The summed E-state index contributed by atoms with van der Waals surface area (Å²) in [7, 11) is 0. The second-order valence-electron chi connectivity index (χ2n) is 3.42. The van der Waals surface area contributed by atoms with Crippen molar-refractivity contribution < 1.29 is 9.18 Å². The molecule has 3 nitrogen and oxygen atoms in total. The average Bonchev–Trinajstić information content (AvgIpc) is 2.33. The summed E-state index contributed by atoms with van der Waals surface area (Å²) in [5.74, 6) is -0.727. The van der Waals surface area contributed by atoms with Crippen molar-refractivity contribution in [2.24, 2.45) is 0 Å². The molecule has 0 spiro atoms. The third-order valence-corrected chi connectivity index (χ3v) is 3.38. The molecule has 0 saturated carbocycles. The zero-order chi connectivity index (χ0) is 13.1. The van der Waals surface area contributed by atoms with Gasteiger partial charge in [-0.1, -0.05) is 11.6 Å². The normalized spacial score (nSPS) is 10.2. The van der Waals surface area contributed by atoms with Gasteiger partial charge in [0.1, 0.15) is 11.0 Å². The Morgan fingerprint density at radius 2 is 2.17 bits per heavy atom. The molecule has 0 bridgehead atoms. The SMILES string of the molecule is O=C(Nc1ccc(F)cc1I)c1cccnc1Cl. The lowest BCUT2D eigenvalue weighted by Crippen LogP contribution is -2.13. The van der Waals surface area contributed by atoms with E-state index in [-0.39, 0.29) is 22.4 Å². The van der Waals surface area contributed by atoms with Crippen LogP contribution in [0.1, 0.15) is 10.4 Å². The topological polar surface area (TPSA) is 42.0 Å². The number of anilines is 1. The van der Waals surface area contributed by atoms with Gasteiger partial charge in [0.25, 0.3) is 5.91 Å². The second kappa shape index (κ2) is 5.62. The van der Waals surface area contributed by atoms with Crippen LogP contribution < -0.4 is 5.32 Å². The molecule has 1 aromatic heterocycles. The van der Waals surface area contributed by atoms with Crippen molar-refractivity contribution in [3.63, 3.8) is 0 Å². The number of nitrogens with one attached hydrogen (secondary N) is 1. The number of carbonyl (C=O) groups is 1. The third kappa shape index (κ3) is 2.97. The van der Waals surface area contributed by atoms with Crippen LogP contribution in [-0.2, 0) is 0 Å². The molecule has 1 amide bonds. The first kappa shape index (κ1) is 13.2. The van der Waals surface area contributed by atoms with Crippen LogP contribution in [0.2, 0.25) is 5.15 Å². The van der Waals surface area contributed by atoms with E-state index in [2.05, 4.69) is 10.3 Å². The number of pyridine rings is 1. The Balaban J connectivity index is 2.24. The van der Waals surface area contributed by atoms with Crippen molar-refractivity contribution in [2.75, 3.05) is 5.32 Å². The van der Waals surface area contributed by atoms with Gasteiger partial charge in [0.2, 0.25) is 0 Å². The predicted molar refractivity (Wildman–Crippen MR) is 76.3 cm³/mol. The summed E-state index contributed by atoms with van der Waals surface area (Å²) in [6.45, 7) is 0. The lowest BCUT2D eigenvalue weighted by Gasteiger charge is -2.08. The first-order valence-electron chi connectivity index (χ1n) is 4.95. The standard InChI is InChI=1S/C12H7ClFIN2O/c13-11-8(2-1-5-16-11)12(18)17-10-4-3-7(14)6-9(10)15/h1-6H,(H,17,18). The van der Waals surface area contributed by atoms with Crippen molar-refractivity contribution >= 4 is 45.8 Å². The first-order chi connectivity index (χ1) is 8.58. The Labute approximate surface area is 122 Å². The number of rotatable bonds is 2. The van der Waals surface area contributed by atoms with E-state index in [9.17, 15) is 9.18 Å². The molecule has 1 N–H and O–H groups in total. The fraction of sp³-hybridized carbons (Fsp3) is 0. The maximum atomic E-state index is 12.9. The molecule has 92 valence electrons. The van der Waals surface area contributed by atoms with Gasteiger partial charge in [0.05, 0.1) is 11.3 Å². The maximum Gasteiger partial charge on any atom is 0.258 e. The van der Waals surface area contributed by atoms with Gasteiger partial charge in [0, 0.05) is 9.77 Å². The zero-order valence-electron chi connectivity index (χ0n) is 8.95. The van der Waals surface area contributed by atoms with E-state index in [0.29, 0.717) is 9.26 Å². The summed E-state index contributed by atoms with van der Waals surface area (Å²) in [6.07, 6.45) is 1.50. The van der Waals surface area contributed by atoms with Crippen LogP contribution in [0.3, 0.4) is 0 Å². The summed E-state index contributed by atoms with van der Waals surface area (Å²) in [5.41, 5.74) is 0.807. The molecule has 6 heteroatoms. The van der Waals surface area contributed by atoms with Gasteiger partial charge in [-0.15, -0.1) is 0 Å². The largest absolute Gasteiger partial charge is 0.321 e. The Kier molecular flexibility index (Phi) is 4.13. The molecule has 0 aliphatic heterocycles. The number of halogens is 3. The molecule has 0 saturated heterocycles. The van der Waals surface area contributed by atoms with E-state index < -0.39 is 0 Å². The molecule has 0 radical (unpaired) electrons. The summed E-state index contributed by atoms with van der Waals surface area (Å²) in [4.78, 5) is 15.8. The van der Waals surface area contributed by atoms with Crippen molar-refractivity contribution in [1.29, 1.82) is 0 Å². The Hall–Kier alpha value is -1.21. The molecule has 0 fully saturated rings. The number of hydrogen-bond donors (Lipinski definition) is 1. The number of benzene rings is 1. The molecule has 0 unspecified atom stereocenters. The lowest BCUT2D eigenvalue weighted by atomic mass is 10.2. The zero-order valence-corrected chi connectivity index (χ0v) is 11.9. The van der Waals surface area contributed by atoms with Crippen molar-refractivity contribution in [1.82, 2.24) is 4.98 Å². The van der Waals surface area contributed by atoms with Crippen molar-refractivity contribution in [3.05, 3.63) is 56.6 Å². The van der Waals surface area contributed by atoms with Crippen LogP contribution in [0, 0.1) is 9.39 Å². The number of carbonyl (C=O) groups excluding carboxylic acids is 1. The molecular formula is C12H7ClFIN2O. The van der Waals surface area contributed by atoms with Crippen LogP contribution in [0.15, 0.2) is 36.5 Å². The van der Waals surface area contributed by atoms with E-state index in [1.165, 1.54) is 24.4 Å². The lowest BCUT2D eigenvalue weighted by molar-refractivity contribution is 0.102. The van der Waals surface area contributed by atoms with E-state index in [1.807, 2.05) is 22.6 Å². The molecule has 0 aliphatic rings. The molecule has 0 aliphatic carbocycles. The maximum absolute atomic E-state index is 12.9. The minimum absolute atomic E-state index is 0.132. The molecule has 1 heterocycles. The third-order valence-electron chi connectivity index (χ3n) is 2.18. The average molecular weight is 377 g/mol. The van der Waals surface area contributed by atoms with E-state index in [0.717, 1.165) is 0 Å². The molecule has 2 rings (SSSR count). The highest BCUT2D eigenvalue weighted by Gasteiger charge is 2.12. The highest BCUT2D eigenvalue weighted by atomic mass is 127. The van der Waals surface area contributed by atoms with Crippen LogP contribution in [0.5, 0.6) is 0 Å². The highest BCUT2D eigenvalue weighted by Crippen LogP contribution is 2.21. The molecule has 0 atom stereocenters. The van der Waals surface area contributed by atoms with Gasteiger partial charge in [-0.25, -0.2) is 9.37 Å². The van der Waals surface area contributed by atoms with Gasteiger partial charge in [-0.2, -0.15) is 0 Å². The summed E-state index contributed by atoms with van der Waals surface area (Å²) in [5, 5.41) is 2.79. The smallest absolute Gasteiger partial charge is 0.258 e. The molecule has 1 aromatic carbocycles.